The highest BCUT2D eigenvalue weighted by molar-refractivity contribution is 5.94. The van der Waals surface area contributed by atoms with Crippen molar-refractivity contribution in [2.75, 3.05) is 39.8 Å². The first-order valence-electron chi connectivity index (χ1n) is 9.35. The Bertz CT molecular complexity index is 820. The molecule has 1 heterocycles. The van der Waals surface area contributed by atoms with E-state index in [-0.39, 0.29) is 5.91 Å². The summed E-state index contributed by atoms with van der Waals surface area (Å²) in [6, 6.07) is 17.2. The van der Waals surface area contributed by atoms with Gasteiger partial charge >= 0.3 is 0 Å². The molecule has 5 nitrogen and oxygen atoms in total. The van der Waals surface area contributed by atoms with Crippen LogP contribution in [0.3, 0.4) is 0 Å². The van der Waals surface area contributed by atoms with Crippen molar-refractivity contribution in [3.63, 3.8) is 0 Å². The van der Waals surface area contributed by atoms with Crippen LogP contribution in [0.1, 0.15) is 27.9 Å². The normalized spacial score (nSPS) is 14.6. The van der Waals surface area contributed by atoms with E-state index in [1.165, 1.54) is 5.56 Å². The third kappa shape index (κ3) is 4.87. The predicted octanol–water partition coefficient (Wildman–Crippen LogP) is 2.96. The summed E-state index contributed by atoms with van der Waals surface area (Å²) in [5, 5.41) is 9.00. The highest BCUT2D eigenvalue weighted by Gasteiger charge is 2.22. The Morgan fingerprint density at radius 2 is 1.89 bits per heavy atom. The van der Waals surface area contributed by atoms with Crippen LogP contribution in [0.5, 0.6) is 5.75 Å². The van der Waals surface area contributed by atoms with Gasteiger partial charge in [-0.05, 0) is 49.2 Å². The van der Waals surface area contributed by atoms with E-state index in [0.717, 1.165) is 51.3 Å². The molecule has 1 saturated heterocycles. The molecule has 1 aliphatic heterocycles. The van der Waals surface area contributed by atoms with E-state index in [0.29, 0.717) is 11.1 Å². The van der Waals surface area contributed by atoms with E-state index in [1.54, 1.807) is 31.4 Å². The van der Waals surface area contributed by atoms with Crippen LogP contribution in [-0.4, -0.2) is 55.5 Å². The van der Waals surface area contributed by atoms with Gasteiger partial charge in [-0.1, -0.05) is 24.3 Å². The van der Waals surface area contributed by atoms with Crippen LogP contribution >= 0.6 is 0 Å². The number of amides is 1. The maximum absolute atomic E-state index is 12.6. The summed E-state index contributed by atoms with van der Waals surface area (Å²) < 4.78 is 5.41. The molecule has 3 rings (SSSR count). The number of carbonyl (C=O) groups excluding carboxylic acids is 1. The Hall–Kier alpha value is -2.84. The Balaban J connectivity index is 1.46. The molecule has 0 spiro atoms. The molecule has 5 heteroatoms. The molecule has 0 N–H and O–H groups in total. The van der Waals surface area contributed by atoms with E-state index in [2.05, 4.69) is 17.0 Å². The maximum atomic E-state index is 12.6. The third-order valence-electron chi connectivity index (χ3n) is 5.01. The van der Waals surface area contributed by atoms with Gasteiger partial charge in [-0.2, -0.15) is 5.26 Å². The molecule has 2 aromatic carbocycles. The van der Waals surface area contributed by atoms with Gasteiger partial charge in [0.2, 0.25) is 0 Å². The number of carbonyl (C=O) groups is 1. The molecule has 1 fully saturated rings. The monoisotopic (exact) mass is 363 g/mol. The van der Waals surface area contributed by atoms with Gasteiger partial charge in [-0.15, -0.1) is 0 Å². The molecule has 0 saturated carbocycles. The zero-order valence-electron chi connectivity index (χ0n) is 15.7. The SMILES string of the molecule is COc1ccccc1CCCN1CCN(C(=O)c2cccc(C#N)c2)CC1. The predicted molar refractivity (Wildman–Crippen MR) is 105 cm³/mol. The fourth-order valence-electron chi connectivity index (χ4n) is 3.48. The molecule has 0 atom stereocenters. The largest absolute Gasteiger partial charge is 0.496 e. The molecule has 0 unspecified atom stereocenters. The summed E-state index contributed by atoms with van der Waals surface area (Å²) in [7, 11) is 1.71. The number of rotatable bonds is 6. The molecule has 27 heavy (non-hydrogen) atoms. The van der Waals surface area contributed by atoms with E-state index in [4.69, 9.17) is 10.00 Å². The smallest absolute Gasteiger partial charge is 0.253 e. The Morgan fingerprint density at radius 3 is 2.63 bits per heavy atom. The molecule has 140 valence electrons. The zero-order chi connectivity index (χ0) is 19.1. The zero-order valence-corrected chi connectivity index (χ0v) is 15.7. The van der Waals surface area contributed by atoms with Crippen LogP contribution in [0.15, 0.2) is 48.5 Å². The van der Waals surface area contributed by atoms with E-state index < -0.39 is 0 Å². The van der Waals surface area contributed by atoms with Crippen LogP contribution in [-0.2, 0) is 6.42 Å². The second-order valence-electron chi connectivity index (χ2n) is 6.74. The number of nitriles is 1. The van der Waals surface area contributed by atoms with Gasteiger partial charge in [0, 0.05) is 31.7 Å². The standard InChI is InChI=1S/C22H25N3O2/c1-27-21-10-3-2-7-19(21)9-5-11-24-12-14-25(15-13-24)22(26)20-8-4-6-18(16-20)17-23/h2-4,6-8,10,16H,5,9,11-15H2,1H3. The second kappa shape index (κ2) is 9.20. The molecule has 2 aromatic rings. The molecule has 0 aromatic heterocycles. The van der Waals surface area contributed by atoms with Crippen molar-refractivity contribution in [2.24, 2.45) is 0 Å². The van der Waals surface area contributed by atoms with E-state index in [9.17, 15) is 4.79 Å². The van der Waals surface area contributed by atoms with Gasteiger partial charge in [0.1, 0.15) is 5.75 Å². The fourth-order valence-corrected chi connectivity index (χ4v) is 3.48. The lowest BCUT2D eigenvalue weighted by Gasteiger charge is -2.34. The first-order valence-corrected chi connectivity index (χ1v) is 9.35. The van der Waals surface area contributed by atoms with E-state index >= 15 is 0 Å². The van der Waals surface area contributed by atoms with Gasteiger partial charge in [-0.25, -0.2) is 0 Å². The summed E-state index contributed by atoms with van der Waals surface area (Å²) in [6.07, 6.45) is 2.06. The molecule has 0 radical (unpaired) electrons. The van der Waals surface area contributed by atoms with Crippen LogP contribution in [0, 0.1) is 11.3 Å². The van der Waals surface area contributed by atoms with Crippen molar-refractivity contribution in [3.8, 4) is 11.8 Å². The fraction of sp³-hybridized carbons (Fsp3) is 0.364. The van der Waals surface area contributed by atoms with Crippen molar-refractivity contribution < 1.29 is 9.53 Å². The van der Waals surface area contributed by atoms with Gasteiger partial charge in [0.05, 0.1) is 18.7 Å². The quantitative estimate of drug-likeness (QED) is 0.792. The lowest BCUT2D eigenvalue weighted by Crippen LogP contribution is -2.48. The minimum absolute atomic E-state index is 0.0146. The van der Waals surface area contributed by atoms with Gasteiger partial charge in [0.25, 0.3) is 5.91 Å². The van der Waals surface area contributed by atoms with Gasteiger partial charge in [-0.3, -0.25) is 9.69 Å². The second-order valence-corrected chi connectivity index (χ2v) is 6.74. The summed E-state index contributed by atoms with van der Waals surface area (Å²) in [6.45, 7) is 4.24. The van der Waals surface area contributed by atoms with Crippen LogP contribution in [0.4, 0.5) is 0 Å². The van der Waals surface area contributed by atoms with Crippen molar-refractivity contribution in [1.29, 1.82) is 5.26 Å². The summed E-state index contributed by atoms with van der Waals surface area (Å²) in [4.78, 5) is 16.9. The topological polar surface area (TPSA) is 56.6 Å². The molecular formula is C22H25N3O2. The van der Waals surface area contributed by atoms with Crippen molar-refractivity contribution in [1.82, 2.24) is 9.80 Å². The molecule has 0 bridgehead atoms. The summed E-state index contributed by atoms with van der Waals surface area (Å²) in [5.74, 6) is 0.966. The lowest BCUT2D eigenvalue weighted by atomic mass is 10.1. The number of methoxy groups -OCH3 is 1. The number of nitrogens with zero attached hydrogens (tertiary/aromatic N) is 3. The van der Waals surface area contributed by atoms with Gasteiger partial charge < -0.3 is 9.64 Å². The highest BCUT2D eigenvalue weighted by atomic mass is 16.5. The number of hydrogen-bond donors (Lipinski definition) is 0. The van der Waals surface area contributed by atoms with Crippen molar-refractivity contribution in [3.05, 3.63) is 65.2 Å². The average molecular weight is 363 g/mol. The Morgan fingerprint density at radius 1 is 1.11 bits per heavy atom. The van der Waals surface area contributed by atoms with Crippen LogP contribution < -0.4 is 4.74 Å². The highest BCUT2D eigenvalue weighted by Crippen LogP contribution is 2.19. The minimum atomic E-state index is 0.0146. The Labute approximate surface area is 160 Å². The molecule has 0 aliphatic carbocycles. The number of benzene rings is 2. The third-order valence-corrected chi connectivity index (χ3v) is 5.01. The Kier molecular flexibility index (Phi) is 6.45. The van der Waals surface area contributed by atoms with E-state index in [1.807, 2.05) is 23.1 Å². The number of hydrogen-bond acceptors (Lipinski definition) is 4. The number of ether oxygens (including phenoxy) is 1. The maximum Gasteiger partial charge on any atom is 0.253 e. The van der Waals surface area contributed by atoms with Crippen molar-refractivity contribution in [2.45, 2.75) is 12.8 Å². The number of aryl methyl sites for hydroxylation is 1. The molecular weight excluding hydrogens is 338 g/mol. The first-order chi connectivity index (χ1) is 13.2. The minimum Gasteiger partial charge on any atom is -0.496 e. The van der Waals surface area contributed by atoms with Gasteiger partial charge in [0.15, 0.2) is 0 Å². The molecule has 1 amide bonds. The number of para-hydroxylation sites is 1. The average Bonchev–Trinajstić information content (AvgIpc) is 2.74. The number of piperazine rings is 1. The summed E-state index contributed by atoms with van der Waals surface area (Å²) in [5.41, 5.74) is 2.36. The van der Waals surface area contributed by atoms with Crippen LogP contribution in [0.25, 0.3) is 0 Å². The van der Waals surface area contributed by atoms with Crippen molar-refractivity contribution >= 4 is 5.91 Å². The molecule has 1 aliphatic rings. The lowest BCUT2D eigenvalue weighted by molar-refractivity contribution is 0.0636. The summed E-state index contributed by atoms with van der Waals surface area (Å²) >= 11 is 0. The first kappa shape index (κ1) is 18.9. The van der Waals surface area contributed by atoms with Crippen LogP contribution in [0.2, 0.25) is 0 Å².